The summed E-state index contributed by atoms with van der Waals surface area (Å²) in [6, 6.07) is 16.5. The Morgan fingerprint density at radius 3 is 2.86 bits per heavy atom. The van der Waals surface area contributed by atoms with E-state index in [1.54, 1.807) is 41.6 Å². The third-order valence-electron chi connectivity index (χ3n) is 4.01. The van der Waals surface area contributed by atoms with Crippen molar-refractivity contribution < 1.29 is 9.53 Å². The lowest BCUT2D eigenvalue weighted by atomic mass is 10.2. The number of nitrogens with one attached hydrogen (secondary N) is 1. The molecule has 2 aromatic carbocycles. The minimum Gasteiger partial charge on any atom is -0.496 e. The number of para-hydroxylation sites is 1. The molecule has 0 fully saturated rings. The Bertz CT molecular complexity index is 1140. The molecule has 1 N–H and O–H groups in total. The number of amides is 1. The van der Waals surface area contributed by atoms with Crippen molar-refractivity contribution >= 4 is 34.7 Å². The van der Waals surface area contributed by atoms with Crippen LogP contribution in [0.15, 0.2) is 66.2 Å². The summed E-state index contributed by atoms with van der Waals surface area (Å²) in [5.74, 6) is 0.920. The number of aromatic nitrogens is 3. The highest BCUT2D eigenvalue weighted by Gasteiger charge is 2.16. The van der Waals surface area contributed by atoms with Gasteiger partial charge in [0.25, 0.3) is 5.91 Å². The molecule has 0 unspecified atom stereocenters. The minimum atomic E-state index is -0.318. The number of methoxy groups -OCH3 is 1. The predicted molar refractivity (Wildman–Crippen MR) is 111 cm³/mol. The Hall–Kier alpha value is -3.16. The van der Waals surface area contributed by atoms with E-state index in [1.165, 1.54) is 11.3 Å². The minimum absolute atomic E-state index is 0.318. The van der Waals surface area contributed by atoms with Gasteiger partial charge in [-0.1, -0.05) is 29.8 Å². The van der Waals surface area contributed by atoms with Crippen LogP contribution >= 0.6 is 22.9 Å². The number of carbonyl (C=O) groups excluding carboxylic acids is 1. The first-order valence-electron chi connectivity index (χ1n) is 8.36. The van der Waals surface area contributed by atoms with E-state index in [-0.39, 0.29) is 5.91 Å². The second-order valence-corrected chi connectivity index (χ2v) is 7.09. The first-order valence-corrected chi connectivity index (χ1v) is 9.61. The van der Waals surface area contributed by atoms with E-state index in [0.29, 0.717) is 27.3 Å². The molecule has 0 aliphatic carbocycles. The van der Waals surface area contributed by atoms with E-state index in [4.69, 9.17) is 16.3 Å². The lowest BCUT2D eigenvalue weighted by Gasteiger charge is -2.08. The van der Waals surface area contributed by atoms with Gasteiger partial charge in [0, 0.05) is 16.5 Å². The van der Waals surface area contributed by atoms with Gasteiger partial charge in [-0.2, -0.15) is 5.10 Å². The third-order valence-corrected chi connectivity index (χ3v) is 5.12. The molecule has 2 heterocycles. The van der Waals surface area contributed by atoms with Gasteiger partial charge < -0.3 is 10.1 Å². The molecule has 1 amide bonds. The number of hydrogen-bond acceptors (Lipinski definition) is 5. The van der Waals surface area contributed by atoms with Gasteiger partial charge in [-0.25, -0.2) is 9.67 Å². The highest BCUT2D eigenvalue weighted by molar-refractivity contribution is 7.13. The summed E-state index contributed by atoms with van der Waals surface area (Å²) in [5, 5.41) is 10.1. The summed E-state index contributed by atoms with van der Waals surface area (Å²) in [5.41, 5.74) is 1.92. The van der Waals surface area contributed by atoms with Crippen LogP contribution in [-0.2, 0) is 0 Å². The SMILES string of the molecule is COc1ccccc1-c1nc(C(=O)Nc2ccnn2-c2cccc(Cl)c2)cs1. The number of thiazole rings is 1. The standard InChI is InChI=1S/C20H15ClN4O2S/c1-27-17-8-3-2-7-15(17)20-23-16(12-28-20)19(26)24-18-9-10-22-25(18)14-6-4-5-13(21)11-14/h2-12H,1H3,(H,24,26). The zero-order valence-electron chi connectivity index (χ0n) is 14.8. The lowest BCUT2D eigenvalue weighted by molar-refractivity contribution is 0.102. The Balaban J connectivity index is 1.58. The lowest BCUT2D eigenvalue weighted by Crippen LogP contribution is -2.15. The molecular weight excluding hydrogens is 396 g/mol. The number of nitrogens with zero attached hydrogens (tertiary/aromatic N) is 3. The number of ether oxygens (including phenoxy) is 1. The molecule has 4 rings (SSSR count). The molecule has 0 aliphatic heterocycles. The molecule has 28 heavy (non-hydrogen) atoms. The van der Waals surface area contributed by atoms with Crippen LogP contribution in [0.4, 0.5) is 5.82 Å². The van der Waals surface area contributed by atoms with Crippen molar-refractivity contribution in [2.24, 2.45) is 0 Å². The maximum Gasteiger partial charge on any atom is 0.276 e. The van der Waals surface area contributed by atoms with Gasteiger partial charge in [-0.15, -0.1) is 11.3 Å². The fraction of sp³-hybridized carbons (Fsp3) is 0.0500. The molecule has 0 saturated carbocycles. The van der Waals surface area contributed by atoms with Crippen LogP contribution in [0.1, 0.15) is 10.5 Å². The molecule has 0 atom stereocenters. The van der Waals surface area contributed by atoms with E-state index in [9.17, 15) is 4.79 Å². The molecule has 4 aromatic rings. The number of rotatable bonds is 5. The van der Waals surface area contributed by atoms with E-state index >= 15 is 0 Å². The zero-order chi connectivity index (χ0) is 19.5. The molecule has 6 nitrogen and oxygen atoms in total. The first-order chi connectivity index (χ1) is 13.7. The first kappa shape index (κ1) is 18.2. The fourth-order valence-electron chi connectivity index (χ4n) is 2.72. The topological polar surface area (TPSA) is 69.0 Å². The van der Waals surface area contributed by atoms with Crippen molar-refractivity contribution in [1.82, 2.24) is 14.8 Å². The summed E-state index contributed by atoms with van der Waals surface area (Å²) in [4.78, 5) is 17.2. The van der Waals surface area contributed by atoms with Crippen molar-refractivity contribution in [3.05, 3.63) is 76.9 Å². The molecular formula is C20H15ClN4O2S. The molecule has 0 saturated heterocycles. The predicted octanol–water partition coefficient (Wildman–Crippen LogP) is 4.91. The van der Waals surface area contributed by atoms with Gasteiger partial charge in [-0.3, -0.25) is 4.79 Å². The summed E-state index contributed by atoms with van der Waals surface area (Å²) in [7, 11) is 1.61. The molecule has 8 heteroatoms. The Kier molecular flexibility index (Phi) is 5.10. The normalized spacial score (nSPS) is 10.6. The quantitative estimate of drug-likeness (QED) is 0.507. The van der Waals surface area contributed by atoms with E-state index in [1.807, 2.05) is 36.4 Å². The molecule has 0 radical (unpaired) electrons. The molecule has 140 valence electrons. The van der Waals surface area contributed by atoms with Gasteiger partial charge in [0.1, 0.15) is 22.3 Å². The van der Waals surface area contributed by atoms with Crippen molar-refractivity contribution in [2.75, 3.05) is 12.4 Å². The third kappa shape index (κ3) is 3.62. The van der Waals surface area contributed by atoms with E-state index in [2.05, 4.69) is 15.4 Å². The summed E-state index contributed by atoms with van der Waals surface area (Å²) >= 11 is 7.44. The maximum atomic E-state index is 12.7. The van der Waals surface area contributed by atoms with Gasteiger partial charge in [0.15, 0.2) is 0 Å². The molecule has 0 bridgehead atoms. The second kappa shape index (κ2) is 7.84. The van der Waals surface area contributed by atoms with Crippen LogP contribution in [0.25, 0.3) is 16.3 Å². The fourth-order valence-corrected chi connectivity index (χ4v) is 3.73. The Labute approximate surface area is 170 Å². The highest BCUT2D eigenvalue weighted by Crippen LogP contribution is 2.32. The van der Waals surface area contributed by atoms with E-state index in [0.717, 1.165) is 11.3 Å². The Morgan fingerprint density at radius 2 is 2.04 bits per heavy atom. The van der Waals surface area contributed by atoms with Crippen molar-refractivity contribution in [1.29, 1.82) is 0 Å². The average molecular weight is 411 g/mol. The summed E-state index contributed by atoms with van der Waals surface area (Å²) in [6.07, 6.45) is 1.61. The largest absolute Gasteiger partial charge is 0.496 e. The van der Waals surface area contributed by atoms with Crippen LogP contribution in [0.3, 0.4) is 0 Å². The number of carbonyl (C=O) groups is 1. The monoisotopic (exact) mass is 410 g/mol. The number of benzene rings is 2. The zero-order valence-corrected chi connectivity index (χ0v) is 16.4. The van der Waals surface area contributed by atoms with Crippen molar-refractivity contribution in [3.63, 3.8) is 0 Å². The van der Waals surface area contributed by atoms with Gasteiger partial charge in [-0.05, 0) is 30.3 Å². The summed E-state index contributed by atoms with van der Waals surface area (Å²) in [6.45, 7) is 0. The van der Waals surface area contributed by atoms with E-state index < -0.39 is 0 Å². The average Bonchev–Trinajstić information content (AvgIpc) is 3.37. The van der Waals surface area contributed by atoms with Crippen molar-refractivity contribution in [3.8, 4) is 22.0 Å². The van der Waals surface area contributed by atoms with Crippen LogP contribution in [0, 0.1) is 0 Å². The smallest absolute Gasteiger partial charge is 0.276 e. The van der Waals surface area contributed by atoms with Gasteiger partial charge in [0.05, 0.1) is 24.6 Å². The van der Waals surface area contributed by atoms with Crippen LogP contribution < -0.4 is 10.1 Å². The van der Waals surface area contributed by atoms with Crippen LogP contribution in [0.2, 0.25) is 5.02 Å². The van der Waals surface area contributed by atoms with Crippen LogP contribution in [0.5, 0.6) is 5.75 Å². The van der Waals surface area contributed by atoms with Crippen LogP contribution in [-0.4, -0.2) is 27.8 Å². The van der Waals surface area contributed by atoms with Gasteiger partial charge >= 0.3 is 0 Å². The summed E-state index contributed by atoms with van der Waals surface area (Å²) < 4.78 is 6.98. The van der Waals surface area contributed by atoms with Crippen molar-refractivity contribution in [2.45, 2.75) is 0 Å². The molecule has 0 aliphatic rings. The highest BCUT2D eigenvalue weighted by atomic mass is 35.5. The number of halogens is 1. The number of hydrogen-bond donors (Lipinski definition) is 1. The van der Waals surface area contributed by atoms with Gasteiger partial charge in [0.2, 0.25) is 0 Å². The maximum absolute atomic E-state index is 12.7. The second-order valence-electron chi connectivity index (χ2n) is 5.80. The molecule has 2 aromatic heterocycles. The Morgan fingerprint density at radius 1 is 1.18 bits per heavy atom. The molecule has 0 spiro atoms. The number of anilines is 1.